The first-order valence-corrected chi connectivity index (χ1v) is 10.8. The molecule has 7 nitrogen and oxygen atoms in total. The second-order valence-corrected chi connectivity index (χ2v) is 9.69. The molecule has 1 aliphatic heterocycles. The molecule has 1 aliphatic carbocycles. The van der Waals surface area contributed by atoms with Gasteiger partial charge in [0.15, 0.2) is 0 Å². The van der Waals surface area contributed by atoms with Gasteiger partial charge in [-0.2, -0.15) is 5.10 Å². The molecule has 152 valence electrons. The van der Waals surface area contributed by atoms with E-state index in [-0.39, 0.29) is 12.1 Å². The molecule has 0 radical (unpaired) electrons. The Morgan fingerprint density at radius 2 is 1.86 bits per heavy atom. The molecular weight excluding hydrogens is 422 g/mol. The van der Waals surface area contributed by atoms with Crippen LogP contribution in [0.5, 0.6) is 0 Å². The minimum atomic E-state index is -0.460. The van der Waals surface area contributed by atoms with Crippen molar-refractivity contribution in [1.82, 2.24) is 19.7 Å². The average molecular weight is 450 g/mol. The van der Waals surface area contributed by atoms with E-state index in [1.807, 2.05) is 49.8 Å². The van der Waals surface area contributed by atoms with Gasteiger partial charge in [0, 0.05) is 44.6 Å². The van der Waals surface area contributed by atoms with Crippen molar-refractivity contribution < 1.29 is 9.53 Å². The summed E-state index contributed by atoms with van der Waals surface area (Å²) < 4.78 is 8.42. The van der Waals surface area contributed by atoms with Crippen molar-refractivity contribution in [1.29, 1.82) is 0 Å². The molecule has 28 heavy (non-hydrogen) atoms. The Morgan fingerprint density at radius 3 is 2.46 bits per heavy atom. The molecule has 2 aromatic rings. The monoisotopic (exact) mass is 449 g/mol. The zero-order chi connectivity index (χ0) is 20.1. The minimum Gasteiger partial charge on any atom is -0.444 e. The van der Waals surface area contributed by atoms with E-state index in [4.69, 9.17) is 4.74 Å². The number of rotatable bonds is 3. The Bertz CT molecular complexity index is 879. The molecule has 0 spiro atoms. The first kappa shape index (κ1) is 19.5. The summed E-state index contributed by atoms with van der Waals surface area (Å²) in [5.41, 5.74) is 0.473. The topological polar surface area (TPSA) is 63.5 Å². The van der Waals surface area contributed by atoms with Crippen molar-refractivity contribution in [2.45, 2.75) is 64.1 Å². The van der Waals surface area contributed by atoms with Crippen molar-refractivity contribution in [3.63, 3.8) is 0 Å². The molecule has 0 unspecified atom stereocenters. The van der Waals surface area contributed by atoms with Crippen molar-refractivity contribution in [2.24, 2.45) is 7.05 Å². The summed E-state index contributed by atoms with van der Waals surface area (Å²) in [6, 6.07) is 0.584. The lowest BCUT2D eigenvalue weighted by molar-refractivity contribution is 0.0114. The zero-order valence-corrected chi connectivity index (χ0v) is 18.6. The molecule has 0 atom stereocenters. The summed E-state index contributed by atoms with van der Waals surface area (Å²) in [5, 5.41) is 5.59. The highest BCUT2D eigenvalue weighted by Gasteiger charge is 2.40. The number of ether oxygens (including phenoxy) is 1. The molecular formula is C20H28BrN5O2. The molecule has 2 aliphatic rings. The molecule has 0 aromatic carbocycles. The van der Waals surface area contributed by atoms with Crippen LogP contribution >= 0.6 is 15.9 Å². The average Bonchev–Trinajstić information content (AvgIpc) is 3.35. The van der Waals surface area contributed by atoms with Crippen LogP contribution in [0.15, 0.2) is 16.9 Å². The van der Waals surface area contributed by atoms with Gasteiger partial charge >= 0.3 is 6.09 Å². The number of fused-ring (bicyclic) bond motifs is 1. The van der Waals surface area contributed by atoms with E-state index < -0.39 is 5.60 Å². The molecule has 3 heterocycles. The van der Waals surface area contributed by atoms with Gasteiger partial charge in [-0.3, -0.25) is 4.68 Å². The molecule has 1 amide bonds. The summed E-state index contributed by atoms with van der Waals surface area (Å²) in [4.78, 5) is 21.8. The number of nitrogens with zero attached hydrogens (tertiary/aromatic N) is 5. The Morgan fingerprint density at radius 1 is 1.21 bits per heavy atom. The number of amides is 1. The van der Waals surface area contributed by atoms with Crippen LogP contribution in [0.4, 0.5) is 10.6 Å². The lowest BCUT2D eigenvalue weighted by Crippen LogP contribution is -2.50. The summed E-state index contributed by atoms with van der Waals surface area (Å²) in [6.45, 7) is 7.52. The summed E-state index contributed by atoms with van der Waals surface area (Å²) >= 11 is 3.54. The third-order valence-corrected chi connectivity index (χ3v) is 5.88. The van der Waals surface area contributed by atoms with Gasteiger partial charge in [0.2, 0.25) is 0 Å². The van der Waals surface area contributed by atoms with Gasteiger partial charge in [-0.05, 0) is 62.4 Å². The van der Waals surface area contributed by atoms with E-state index in [2.05, 4.69) is 30.9 Å². The van der Waals surface area contributed by atoms with Crippen molar-refractivity contribution in [3.8, 4) is 0 Å². The summed E-state index contributed by atoms with van der Waals surface area (Å²) in [6.07, 6.45) is 7.71. The van der Waals surface area contributed by atoms with Crippen LogP contribution in [0.3, 0.4) is 0 Å². The maximum atomic E-state index is 12.8. The highest BCUT2D eigenvalue weighted by atomic mass is 79.9. The van der Waals surface area contributed by atoms with Crippen LogP contribution in [0, 0.1) is 0 Å². The Labute approximate surface area is 174 Å². The fraction of sp³-hybridized carbons (Fsp3) is 0.650. The van der Waals surface area contributed by atoms with Crippen LogP contribution in [0.25, 0.3) is 10.9 Å². The lowest BCUT2D eigenvalue weighted by atomic mass is 10.0. The molecule has 1 saturated heterocycles. The predicted molar refractivity (Wildman–Crippen MR) is 113 cm³/mol. The van der Waals surface area contributed by atoms with Gasteiger partial charge < -0.3 is 14.5 Å². The van der Waals surface area contributed by atoms with Crippen molar-refractivity contribution >= 4 is 38.7 Å². The molecule has 8 heteroatoms. The number of piperidine rings is 1. The zero-order valence-electron chi connectivity index (χ0n) is 17.0. The molecule has 0 N–H and O–H groups in total. The standard InChI is InChI=1S/C20H28BrN5O2/c1-20(2,3)28-19(27)26(13-5-6-13)14-7-9-25(10-8-14)18-15-12-24(4)23-17(15)16(21)11-22-18/h11-14H,5-10H2,1-4H3. The maximum Gasteiger partial charge on any atom is 0.410 e. The van der Waals surface area contributed by atoms with E-state index in [1.54, 1.807) is 0 Å². The number of hydrogen-bond acceptors (Lipinski definition) is 5. The molecule has 2 fully saturated rings. The second-order valence-electron chi connectivity index (χ2n) is 8.83. The quantitative estimate of drug-likeness (QED) is 0.705. The third kappa shape index (κ3) is 3.97. The number of anilines is 1. The number of hydrogen-bond donors (Lipinski definition) is 0. The largest absolute Gasteiger partial charge is 0.444 e. The van der Waals surface area contributed by atoms with Crippen molar-refractivity contribution in [2.75, 3.05) is 18.0 Å². The number of aryl methyl sites for hydroxylation is 1. The van der Waals surface area contributed by atoms with Gasteiger partial charge in [0.1, 0.15) is 16.9 Å². The fourth-order valence-corrected chi connectivity index (χ4v) is 4.34. The Kier molecular flexibility index (Phi) is 5.02. The number of carbonyl (C=O) groups is 1. The second kappa shape index (κ2) is 7.21. The molecule has 2 aromatic heterocycles. The fourth-order valence-electron chi connectivity index (χ4n) is 3.95. The highest BCUT2D eigenvalue weighted by Crippen LogP contribution is 2.35. The molecule has 0 bridgehead atoms. The Hall–Kier alpha value is -1.83. The number of aromatic nitrogens is 3. The van der Waals surface area contributed by atoms with Crippen LogP contribution in [0.2, 0.25) is 0 Å². The lowest BCUT2D eigenvalue weighted by Gasteiger charge is -2.39. The third-order valence-electron chi connectivity index (χ3n) is 5.30. The van der Waals surface area contributed by atoms with E-state index >= 15 is 0 Å². The van der Waals surface area contributed by atoms with Gasteiger partial charge in [-0.15, -0.1) is 0 Å². The van der Waals surface area contributed by atoms with Crippen LogP contribution < -0.4 is 4.90 Å². The van der Waals surface area contributed by atoms with Crippen LogP contribution in [-0.2, 0) is 11.8 Å². The van der Waals surface area contributed by atoms with E-state index in [0.717, 1.165) is 60.0 Å². The minimum absolute atomic E-state index is 0.162. The number of pyridine rings is 1. The van der Waals surface area contributed by atoms with Gasteiger partial charge in [0.05, 0.1) is 9.86 Å². The van der Waals surface area contributed by atoms with Crippen molar-refractivity contribution in [3.05, 3.63) is 16.9 Å². The smallest absolute Gasteiger partial charge is 0.410 e. The molecule has 4 rings (SSSR count). The number of halogens is 1. The van der Waals surface area contributed by atoms with E-state index in [9.17, 15) is 4.79 Å². The van der Waals surface area contributed by atoms with Gasteiger partial charge in [-0.1, -0.05) is 0 Å². The summed E-state index contributed by atoms with van der Waals surface area (Å²) in [5.74, 6) is 0.972. The Balaban J connectivity index is 1.48. The summed E-state index contributed by atoms with van der Waals surface area (Å²) in [7, 11) is 1.93. The first-order chi connectivity index (χ1) is 13.2. The van der Waals surface area contributed by atoms with E-state index in [1.165, 1.54) is 0 Å². The highest BCUT2D eigenvalue weighted by molar-refractivity contribution is 9.10. The maximum absolute atomic E-state index is 12.8. The number of carbonyl (C=O) groups excluding carboxylic acids is 1. The van der Waals surface area contributed by atoms with Gasteiger partial charge in [-0.25, -0.2) is 9.78 Å². The predicted octanol–water partition coefficient (Wildman–Crippen LogP) is 4.10. The van der Waals surface area contributed by atoms with Crippen LogP contribution in [-0.4, -0.2) is 56.5 Å². The van der Waals surface area contributed by atoms with E-state index in [0.29, 0.717) is 6.04 Å². The molecule has 1 saturated carbocycles. The SMILES string of the molecule is Cn1cc2c(N3CCC(N(C(=O)OC(C)(C)C)C4CC4)CC3)ncc(Br)c2n1. The first-order valence-electron chi connectivity index (χ1n) is 9.97. The normalized spacial score (nSPS) is 18.5. The van der Waals surface area contributed by atoms with Gasteiger partial charge in [0.25, 0.3) is 0 Å². The van der Waals surface area contributed by atoms with Crippen LogP contribution in [0.1, 0.15) is 46.5 Å².